The van der Waals surface area contributed by atoms with Crippen molar-refractivity contribution in [1.82, 2.24) is 0 Å². The van der Waals surface area contributed by atoms with E-state index in [4.69, 9.17) is 17.3 Å². The second kappa shape index (κ2) is 7.71. The Balaban J connectivity index is 0.00000361. The van der Waals surface area contributed by atoms with Gasteiger partial charge in [0.1, 0.15) is 0 Å². The fourth-order valence-electron chi connectivity index (χ4n) is 1.61. The van der Waals surface area contributed by atoms with Crippen LogP contribution < -0.4 is 5.73 Å². The number of esters is 1. The quantitative estimate of drug-likeness (QED) is 0.855. The van der Waals surface area contributed by atoms with Gasteiger partial charge in [0.05, 0.1) is 18.6 Å². The van der Waals surface area contributed by atoms with Gasteiger partial charge in [0, 0.05) is 11.1 Å². The monoisotopic (exact) mass is 331 g/mol. The van der Waals surface area contributed by atoms with Crippen LogP contribution in [0.25, 0.3) is 0 Å². The summed E-state index contributed by atoms with van der Waals surface area (Å²) in [5.74, 6) is -0.641. The van der Waals surface area contributed by atoms with Crippen molar-refractivity contribution in [3.05, 3.63) is 34.3 Å². The number of alkyl halides is 3. The second-order valence-corrected chi connectivity index (χ2v) is 4.28. The van der Waals surface area contributed by atoms with Crippen LogP contribution >= 0.6 is 24.0 Å². The molecule has 1 aromatic carbocycles. The largest absolute Gasteiger partial charge is 0.466 e. The van der Waals surface area contributed by atoms with Gasteiger partial charge in [-0.3, -0.25) is 4.79 Å². The lowest BCUT2D eigenvalue weighted by molar-refractivity contribution is -0.144. The van der Waals surface area contributed by atoms with Gasteiger partial charge in [0.15, 0.2) is 0 Å². The average Bonchev–Trinajstić information content (AvgIpc) is 2.27. The average molecular weight is 332 g/mol. The van der Waals surface area contributed by atoms with Crippen LogP contribution in [0.15, 0.2) is 18.2 Å². The van der Waals surface area contributed by atoms with Crippen molar-refractivity contribution < 1.29 is 22.7 Å². The molecule has 0 radical (unpaired) electrons. The summed E-state index contributed by atoms with van der Waals surface area (Å²) in [4.78, 5) is 11.2. The van der Waals surface area contributed by atoms with E-state index in [1.165, 1.54) is 12.1 Å². The molecule has 114 valence electrons. The number of hydrogen-bond donors (Lipinski definition) is 1. The maximum atomic E-state index is 12.8. The number of ether oxygens (including phenoxy) is 1. The zero-order valence-corrected chi connectivity index (χ0v) is 12.1. The molecule has 0 aliphatic carbocycles. The molecule has 0 aliphatic rings. The smallest absolute Gasteiger partial charge is 0.416 e. The second-order valence-electron chi connectivity index (χ2n) is 3.84. The maximum Gasteiger partial charge on any atom is 0.416 e. The number of rotatable bonds is 4. The van der Waals surface area contributed by atoms with E-state index in [0.717, 1.165) is 6.07 Å². The van der Waals surface area contributed by atoms with Crippen molar-refractivity contribution in [3.63, 3.8) is 0 Å². The van der Waals surface area contributed by atoms with Crippen LogP contribution in [-0.4, -0.2) is 12.6 Å². The van der Waals surface area contributed by atoms with Crippen molar-refractivity contribution in [3.8, 4) is 0 Å². The molecule has 0 saturated heterocycles. The minimum absolute atomic E-state index is 0. The molecule has 8 heteroatoms. The van der Waals surface area contributed by atoms with Gasteiger partial charge in [-0.25, -0.2) is 0 Å². The molecule has 0 saturated carbocycles. The fraction of sp³-hybridized carbons (Fsp3) is 0.417. The molecule has 1 rings (SSSR count). The summed E-state index contributed by atoms with van der Waals surface area (Å²) in [6.07, 6.45) is -4.90. The molecular formula is C12H14Cl2F3NO2. The third-order valence-electron chi connectivity index (χ3n) is 2.41. The molecule has 0 aliphatic heterocycles. The maximum absolute atomic E-state index is 12.8. The van der Waals surface area contributed by atoms with Crippen molar-refractivity contribution >= 4 is 30.0 Å². The lowest BCUT2D eigenvalue weighted by atomic mass is 9.98. The molecule has 0 heterocycles. The highest BCUT2D eigenvalue weighted by molar-refractivity contribution is 6.30. The van der Waals surface area contributed by atoms with Crippen molar-refractivity contribution in [2.45, 2.75) is 25.6 Å². The first-order chi connectivity index (χ1) is 8.75. The number of nitrogens with two attached hydrogens (primary N) is 1. The predicted octanol–water partition coefficient (Wildman–Crippen LogP) is 3.73. The highest BCUT2D eigenvalue weighted by Crippen LogP contribution is 2.36. The summed E-state index contributed by atoms with van der Waals surface area (Å²) < 4.78 is 43.2. The fourth-order valence-corrected chi connectivity index (χ4v) is 1.78. The molecular weight excluding hydrogens is 318 g/mol. The van der Waals surface area contributed by atoms with Gasteiger partial charge in [-0.1, -0.05) is 17.7 Å². The normalized spacial score (nSPS) is 12.5. The Morgan fingerprint density at radius 2 is 2.05 bits per heavy atom. The van der Waals surface area contributed by atoms with Crippen LogP contribution in [0, 0.1) is 0 Å². The van der Waals surface area contributed by atoms with Crippen molar-refractivity contribution in [2.75, 3.05) is 6.61 Å². The zero-order valence-electron chi connectivity index (χ0n) is 10.5. The first-order valence-electron chi connectivity index (χ1n) is 5.53. The number of benzene rings is 1. The molecule has 0 fully saturated rings. The van der Waals surface area contributed by atoms with Gasteiger partial charge >= 0.3 is 12.1 Å². The summed E-state index contributed by atoms with van der Waals surface area (Å²) >= 11 is 5.55. The third-order valence-corrected chi connectivity index (χ3v) is 2.65. The van der Waals surface area contributed by atoms with E-state index in [-0.39, 0.29) is 36.0 Å². The van der Waals surface area contributed by atoms with E-state index in [1.54, 1.807) is 6.92 Å². The van der Waals surface area contributed by atoms with E-state index in [0.29, 0.717) is 0 Å². The third kappa shape index (κ3) is 5.19. The van der Waals surface area contributed by atoms with Crippen LogP contribution in [0.3, 0.4) is 0 Å². The number of hydrogen-bond acceptors (Lipinski definition) is 3. The summed E-state index contributed by atoms with van der Waals surface area (Å²) in [5.41, 5.74) is 4.52. The van der Waals surface area contributed by atoms with Gasteiger partial charge < -0.3 is 10.5 Å². The summed E-state index contributed by atoms with van der Waals surface area (Å²) in [7, 11) is 0. The molecule has 0 amide bonds. The van der Waals surface area contributed by atoms with Crippen LogP contribution in [0.4, 0.5) is 13.2 Å². The first-order valence-corrected chi connectivity index (χ1v) is 5.91. The predicted molar refractivity (Wildman–Crippen MR) is 71.9 cm³/mol. The molecule has 2 N–H and O–H groups in total. The van der Waals surface area contributed by atoms with Crippen molar-refractivity contribution in [2.24, 2.45) is 5.73 Å². The standard InChI is InChI=1S/C12H13ClF3NO2.ClH/c1-2-19-11(18)6-10(17)8-4-3-7(13)5-9(8)12(14,15)16;/h3-5,10H,2,6,17H2,1H3;1H/t10-;/m0./s1. The Kier molecular flexibility index (Phi) is 7.33. The highest BCUT2D eigenvalue weighted by Gasteiger charge is 2.35. The minimum atomic E-state index is -4.58. The van der Waals surface area contributed by atoms with Gasteiger partial charge in [0.2, 0.25) is 0 Å². The van der Waals surface area contributed by atoms with Gasteiger partial charge in [-0.05, 0) is 24.6 Å². The van der Waals surface area contributed by atoms with Crippen LogP contribution in [-0.2, 0) is 15.7 Å². The zero-order chi connectivity index (χ0) is 14.6. The van der Waals surface area contributed by atoms with Crippen LogP contribution in [0.2, 0.25) is 5.02 Å². The van der Waals surface area contributed by atoms with Crippen molar-refractivity contribution in [1.29, 1.82) is 0 Å². The molecule has 1 atom stereocenters. The van der Waals surface area contributed by atoms with E-state index in [1.807, 2.05) is 0 Å². The van der Waals surface area contributed by atoms with Crippen LogP contribution in [0.1, 0.15) is 30.5 Å². The molecule has 0 bridgehead atoms. The lowest BCUT2D eigenvalue weighted by Crippen LogP contribution is -2.21. The summed E-state index contributed by atoms with van der Waals surface area (Å²) in [6, 6.07) is 2.18. The summed E-state index contributed by atoms with van der Waals surface area (Å²) in [5, 5.41) is -0.0422. The molecule has 0 spiro atoms. The Morgan fingerprint density at radius 1 is 1.45 bits per heavy atom. The summed E-state index contributed by atoms with van der Waals surface area (Å²) in [6.45, 7) is 1.76. The highest BCUT2D eigenvalue weighted by atomic mass is 35.5. The minimum Gasteiger partial charge on any atom is -0.466 e. The number of halogens is 5. The molecule has 1 aromatic rings. The van der Waals surface area contributed by atoms with E-state index < -0.39 is 23.8 Å². The van der Waals surface area contributed by atoms with E-state index in [2.05, 4.69) is 4.74 Å². The molecule has 0 aromatic heterocycles. The topological polar surface area (TPSA) is 52.3 Å². The Hall–Kier alpha value is -0.980. The molecule has 20 heavy (non-hydrogen) atoms. The Bertz CT molecular complexity index is 467. The number of carbonyl (C=O) groups excluding carboxylic acids is 1. The lowest BCUT2D eigenvalue weighted by Gasteiger charge is -2.18. The number of carbonyl (C=O) groups is 1. The Morgan fingerprint density at radius 3 is 2.55 bits per heavy atom. The van der Waals surface area contributed by atoms with Crippen LogP contribution in [0.5, 0.6) is 0 Å². The SMILES string of the molecule is CCOC(=O)C[C@H](N)c1ccc(Cl)cc1C(F)(F)F.Cl. The first kappa shape index (κ1) is 19.0. The van der Waals surface area contributed by atoms with Gasteiger partial charge in [-0.2, -0.15) is 13.2 Å². The molecule has 0 unspecified atom stereocenters. The Labute approximate surface area is 125 Å². The molecule has 3 nitrogen and oxygen atoms in total. The van der Waals surface area contributed by atoms with Gasteiger partial charge in [0.25, 0.3) is 0 Å². The van der Waals surface area contributed by atoms with E-state index >= 15 is 0 Å². The van der Waals surface area contributed by atoms with Gasteiger partial charge in [-0.15, -0.1) is 12.4 Å². The van der Waals surface area contributed by atoms with E-state index in [9.17, 15) is 18.0 Å².